The average molecular weight is 353 g/mol. The number of methoxy groups -OCH3 is 1. The summed E-state index contributed by atoms with van der Waals surface area (Å²) in [7, 11) is 1.27. The number of benzene rings is 1. The van der Waals surface area contributed by atoms with E-state index >= 15 is 0 Å². The van der Waals surface area contributed by atoms with E-state index < -0.39 is 5.97 Å². The zero-order chi connectivity index (χ0) is 18.5. The van der Waals surface area contributed by atoms with Gasteiger partial charge in [0.15, 0.2) is 0 Å². The lowest BCUT2D eigenvalue weighted by atomic mass is 10.0. The van der Waals surface area contributed by atoms with E-state index in [1.54, 1.807) is 12.4 Å². The number of aliphatic hydroxyl groups excluding tert-OH is 1. The molecular formula is C19H19N3O4. The monoisotopic (exact) mass is 353 g/mol. The van der Waals surface area contributed by atoms with Crippen molar-refractivity contribution in [3.05, 3.63) is 60.1 Å². The number of hydrogen-bond acceptors (Lipinski definition) is 6. The summed E-state index contributed by atoms with van der Waals surface area (Å²) in [5.74, 6) is -0.910. The normalized spacial score (nSPS) is 13.9. The Morgan fingerprint density at radius 1 is 1.27 bits per heavy atom. The summed E-state index contributed by atoms with van der Waals surface area (Å²) in [6, 6.07) is 11.2. The number of para-hydroxylation sites is 1. The van der Waals surface area contributed by atoms with Crippen LogP contribution in [0.3, 0.4) is 0 Å². The van der Waals surface area contributed by atoms with Crippen molar-refractivity contribution in [2.45, 2.75) is 0 Å². The van der Waals surface area contributed by atoms with E-state index in [9.17, 15) is 9.59 Å². The molecule has 2 aromatic rings. The van der Waals surface area contributed by atoms with Crippen LogP contribution < -0.4 is 5.32 Å². The molecule has 0 bridgehead atoms. The number of aromatic nitrogens is 1. The lowest BCUT2D eigenvalue weighted by molar-refractivity contribution is -0.136. The molecular weight excluding hydrogens is 334 g/mol. The van der Waals surface area contributed by atoms with Crippen molar-refractivity contribution in [2.75, 3.05) is 32.1 Å². The third kappa shape index (κ3) is 3.43. The minimum Gasteiger partial charge on any atom is -0.466 e. The number of esters is 1. The van der Waals surface area contributed by atoms with E-state index in [1.165, 1.54) is 12.0 Å². The Bertz CT molecular complexity index is 849. The van der Waals surface area contributed by atoms with Gasteiger partial charge in [-0.3, -0.25) is 9.78 Å². The highest BCUT2D eigenvalue weighted by Gasteiger charge is 2.34. The first-order chi connectivity index (χ1) is 12.7. The lowest BCUT2D eigenvalue weighted by Gasteiger charge is -2.16. The molecule has 0 unspecified atom stereocenters. The van der Waals surface area contributed by atoms with Crippen molar-refractivity contribution in [2.24, 2.45) is 0 Å². The number of rotatable bonds is 6. The van der Waals surface area contributed by atoms with E-state index in [0.717, 1.165) is 11.1 Å². The molecule has 2 heterocycles. The molecule has 134 valence electrons. The molecule has 0 fully saturated rings. The molecule has 7 nitrogen and oxygen atoms in total. The summed E-state index contributed by atoms with van der Waals surface area (Å²) in [5.41, 5.74) is 2.91. The molecule has 3 rings (SSSR count). The number of anilines is 1. The second-order valence-corrected chi connectivity index (χ2v) is 5.70. The predicted octanol–water partition coefficient (Wildman–Crippen LogP) is 1.42. The van der Waals surface area contributed by atoms with Crippen molar-refractivity contribution in [3.63, 3.8) is 0 Å². The fraction of sp³-hybridized carbons (Fsp3) is 0.211. The number of amides is 1. The van der Waals surface area contributed by atoms with E-state index in [-0.39, 0.29) is 36.9 Å². The number of aliphatic hydroxyl groups is 1. The first-order valence-corrected chi connectivity index (χ1v) is 8.13. The molecule has 0 radical (unpaired) electrons. The molecule has 1 aliphatic rings. The molecule has 0 saturated carbocycles. The first-order valence-electron chi connectivity index (χ1n) is 8.13. The number of β-amino-alcohol motifs (C(OH)–C–C–N with tert-alkyl or cyclic N) is 1. The summed E-state index contributed by atoms with van der Waals surface area (Å²) >= 11 is 0. The number of hydrogen-bond donors (Lipinski definition) is 2. The van der Waals surface area contributed by atoms with Crippen molar-refractivity contribution in [1.29, 1.82) is 0 Å². The molecule has 0 saturated heterocycles. The minimum atomic E-state index is -0.567. The van der Waals surface area contributed by atoms with Crippen LogP contribution in [0, 0.1) is 0 Å². The Balaban J connectivity index is 1.99. The van der Waals surface area contributed by atoms with Crippen molar-refractivity contribution in [1.82, 2.24) is 9.88 Å². The maximum atomic E-state index is 12.7. The van der Waals surface area contributed by atoms with Crippen LogP contribution >= 0.6 is 0 Å². The van der Waals surface area contributed by atoms with Gasteiger partial charge >= 0.3 is 5.97 Å². The lowest BCUT2D eigenvalue weighted by Crippen LogP contribution is -2.31. The van der Waals surface area contributed by atoms with Crippen LogP contribution in [0.4, 0.5) is 5.69 Å². The molecule has 0 aliphatic carbocycles. The van der Waals surface area contributed by atoms with Gasteiger partial charge in [0.05, 0.1) is 25.8 Å². The van der Waals surface area contributed by atoms with Crippen LogP contribution in [-0.4, -0.2) is 53.7 Å². The van der Waals surface area contributed by atoms with Gasteiger partial charge in [-0.15, -0.1) is 0 Å². The summed E-state index contributed by atoms with van der Waals surface area (Å²) < 4.78 is 4.81. The number of nitrogens with one attached hydrogen (secondary N) is 1. The fourth-order valence-electron chi connectivity index (χ4n) is 2.86. The highest BCUT2D eigenvalue weighted by molar-refractivity contribution is 6.09. The Labute approximate surface area is 150 Å². The van der Waals surface area contributed by atoms with Gasteiger partial charge in [-0.25, -0.2) is 4.79 Å². The smallest absolute Gasteiger partial charge is 0.337 e. The molecule has 7 heteroatoms. The van der Waals surface area contributed by atoms with Crippen LogP contribution in [-0.2, 0) is 14.3 Å². The number of ether oxygens (including phenoxy) is 1. The minimum absolute atomic E-state index is 0.103. The highest BCUT2D eigenvalue weighted by Crippen LogP contribution is 2.30. The molecule has 1 amide bonds. The molecule has 1 aromatic carbocycles. The molecule has 0 spiro atoms. The Hall–Kier alpha value is -3.19. The van der Waals surface area contributed by atoms with Gasteiger partial charge < -0.3 is 20.1 Å². The van der Waals surface area contributed by atoms with E-state index in [0.29, 0.717) is 5.69 Å². The van der Waals surface area contributed by atoms with Gasteiger partial charge in [-0.1, -0.05) is 18.2 Å². The van der Waals surface area contributed by atoms with Crippen LogP contribution in [0.25, 0.3) is 11.1 Å². The maximum Gasteiger partial charge on any atom is 0.337 e. The van der Waals surface area contributed by atoms with Crippen molar-refractivity contribution in [3.8, 4) is 11.1 Å². The second-order valence-electron chi connectivity index (χ2n) is 5.70. The topological polar surface area (TPSA) is 91.8 Å². The average Bonchev–Trinajstić information content (AvgIpc) is 2.98. The Morgan fingerprint density at radius 3 is 2.69 bits per heavy atom. The van der Waals surface area contributed by atoms with Crippen LogP contribution in [0.1, 0.15) is 0 Å². The van der Waals surface area contributed by atoms with Crippen molar-refractivity contribution < 1.29 is 19.4 Å². The van der Waals surface area contributed by atoms with E-state index in [2.05, 4.69) is 10.3 Å². The zero-order valence-corrected chi connectivity index (χ0v) is 14.3. The second kappa shape index (κ2) is 7.79. The SMILES string of the molecule is COC(=O)C1=C(Nc2ccccc2-c2ccncc2)C(=O)N(CCO)C1. The van der Waals surface area contributed by atoms with Gasteiger partial charge in [-0.05, 0) is 23.8 Å². The first kappa shape index (κ1) is 17.6. The Kier molecular flexibility index (Phi) is 5.28. The van der Waals surface area contributed by atoms with Gasteiger partial charge in [0.25, 0.3) is 5.91 Å². The van der Waals surface area contributed by atoms with E-state index in [4.69, 9.17) is 9.84 Å². The summed E-state index contributed by atoms with van der Waals surface area (Å²) in [6.45, 7) is 0.0728. The zero-order valence-electron chi connectivity index (χ0n) is 14.3. The fourth-order valence-corrected chi connectivity index (χ4v) is 2.86. The largest absolute Gasteiger partial charge is 0.466 e. The summed E-state index contributed by atoms with van der Waals surface area (Å²) in [6.07, 6.45) is 3.38. The van der Waals surface area contributed by atoms with Gasteiger partial charge in [0, 0.05) is 30.2 Å². The van der Waals surface area contributed by atoms with Crippen molar-refractivity contribution >= 4 is 17.6 Å². The predicted molar refractivity (Wildman–Crippen MR) is 96.0 cm³/mol. The third-order valence-electron chi connectivity index (χ3n) is 4.13. The number of carbonyl (C=O) groups excluding carboxylic acids is 2. The number of pyridine rings is 1. The van der Waals surface area contributed by atoms with E-state index in [1.807, 2.05) is 36.4 Å². The molecule has 0 atom stereocenters. The van der Waals surface area contributed by atoms with Gasteiger partial charge in [0.2, 0.25) is 0 Å². The standard InChI is InChI=1S/C19H19N3O4/c1-26-19(25)15-12-22(10-11-23)18(24)17(15)21-16-5-3-2-4-14(16)13-6-8-20-9-7-13/h2-9,21,23H,10-12H2,1H3. The summed E-state index contributed by atoms with van der Waals surface area (Å²) in [5, 5.41) is 12.2. The quantitative estimate of drug-likeness (QED) is 0.763. The van der Waals surface area contributed by atoms with Crippen LogP contribution in [0.2, 0.25) is 0 Å². The number of carbonyl (C=O) groups is 2. The van der Waals surface area contributed by atoms with Gasteiger partial charge in [0.1, 0.15) is 5.70 Å². The number of nitrogens with zero attached hydrogens (tertiary/aromatic N) is 2. The van der Waals surface area contributed by atoms with Crippen LogP contribution in [0.15, 0.2) is 60.1 Å². The highest BCUT2D eigenvalue weighted by atomic mass is 16.5. The third-order valence-corrected chi connectivity index (χ3v) is 4.13. The molecule has 1 aromatic heterocycles. The summed E-state index contributed by atoms with van der Waals surface area (Å²) in [4.78, 5) is 30.2. The molecule has 2 N–H and O–H groups in total. The van der Waals surface area contributed by atoms with Gasteiger partial charge in [-0.2, -0.15) is 0 Å². The van der Waals surface area contributed by atoms with Crippen LogP contribution in [0.5, 0.6) is 0 Å². The molecule has 26 heavy (non-hydrogen) atoms. The molecule has 1 aliphatic heterocycles. The maximum absolute atomic E-state index is 12.7. The Morgan fingerprint density at radius 2 is 2.00 bits per heavy atom.